The third kappa shape index (κ3) is 3.26. The van der Waals surface area contributed by atoms with Crippen LogP contribution in [0.1, 0.15) is 16.5 Å². The minimum absolute atomic E-state index is 0.0763. The molecule has 0 spiro atoms. The summed E-state index contributed by atoms with van der Waals surface area (Å²) < 4.78 is 50.3. The van der Waals surface area contributed by atoms with Gasteiger partial charge >= 0.3 is 0 Å². The van der Waals surface area contributed by atoms with Gasteiger partial charge in [0.1, 0.15) is 21.7 Å². The Bertz CT molecular complexity index is 1140. The molecular formula is C17H12FN3O2S3. The van der Waals surface area contributed by atoms with Gasteiger partial charge in [-0.25, -0.2) is 12.8 Å². The zero-order chi connectivity index (χ0) is 18.1. The normalized spacial score (nSPS) is 13.1. The summed E-state index contributed by atoms with van der Waals surface area (Å²) in [6.07, 6.45) is 0. The number of thiophene rings is 1. The molecular weight excluding hydrogens is 393 g/mol. The number of hydrogen-bond acceptors (Lipinski definition) is 6. The highest BCUT2D eigenvalue weighted by Gasteiger charge is 2.26. The molecule has 0 aliphatic heterocycles. The van der Waals surface area contributed by atoms with Crippen LogP contribution in [0.25, 0.3) is 11.0 Å². The van der Waals surface area contributed by atoms with Crippen molar-refractivity contribution in [3.63, 3.8) is 0 Å². The number of sulfonamides is 1. The van der Waals surface area contributed by atoms with Gasteiger partial charge in [-0.2, -0.15) is 13.5 Å². The highest BCUT2D eigenvalue weighted by molar-refractivity contribution is 7.89. The fourth-order valence-electron chi connectivity index (χ4n) is 2.62. The molecule has 1 N–H and O–H groups in total. The average molecular weight is 406 g/mol. The van der Waals surface area contributed by atoms with Crippen LogP contribution in [0.15, 0.2) is 64.9 Å². The van der Waals surface area contributed by atoms with E-state index in [-0.39, 0.29) is 10.7 Å². The smallest absolute Gasteiger partial charge is 0.207 e. The third-order valence-corrected chi connectivity index (χ3v) is 6.78. The summed E-state index contributed by atoms with van der Waals surface area (Å²) in [4.78, 5) is 0.885. The average Bonchev–Trinajstić information content (AvgIpc) is 3.31. The molecule has 0 radical (unpaired) electrons. The Morgan fingerprint density at radius 1 is 1.00 bits per heavy atom. The molecule has 1 atom stereocenters. The molecule has 2 heterocycles. The lowest BCUT2D eigenvalue weighted by molar-refractivity contribution is 0.573. The van der Waals surface area contributed by atoms with Crippen molar-refractivity contribution >= 4 is 44.1 Å². The number of benzene rings is 2. The second kappa shape index (κ2) is 6.84. The van der Waals surface area contributed by atoms with Crippen molar-refractivity contribution in [1.82, 2.24) is 13.5 Å². The lowest BCUT2D eigenvalue weighted by Crippen LogP contribution is -2.29. The van der Waals surface area contributed by atoms with Gasteiger partial charge in [0.15, 0.2) is 0 Å². The monoisotopic (exact) mass is 405 g/mol. The predicted octanol–water partition coefficient (Wildman–Crippen LogP) is 3.96. The largest absolute Gasteiger partial charge is 0.243 e. The zero-order valence-corrected chi connectivity index (χ0v) is 15.6. The van der Waals surface area contributed by atoms with Crippen LogP contribution in [0, 0.1) is 5.82 Å². The summed E-state index contributed by atoms with van der Waals surface area (Å²) in [6.45, 7) is 0. The summed E-state index contributed by atoms with van der Waals surface area (Å²) in [6, 6.07) is 13.7. The number of aromatic nitrogens is 2. The number of fused-ring (bicyclic) bond motifs is 1. The van der Waals surface area contributed by atoms with Gasteiger partial charge in [-0.3, -0.25) is 0 Å². The predicted molar refractivity (Wildman–Crippen MR) is 100 cm³/mol. The van der Waals surface area contributed by atoms with Crippen LogP contribution in [-0.4, -0.2) is 17.2 Å². The van der Waals surface area contributed by atoms with Crippen LogP contribution in [0.5, 0.6) is 0 Å². The first-order chi connectivity index (χ1) is 12.5. The van der Waals surface area contributed by atoms with Crippen molar-refractivity contribution in [2.24, 2.45) is 0 Å². The van der Waals surface area contributed by atoms with Crippen molar-refractivity contribution < 1.29 is 12.8 Å². The molecule has 0 saturated carbocycles. The Kier molecular flexibility index (Phi) is 4.53. The minimum Gasteiger partial charge on any atom is -0.207 e. The van der Waals surface area contributed by atoms with Crippen molar-refractivity contribution in [3.05, 3.63) is 76.2 Å². The van der Waals surface area contributed by atoms with E-state index in [1.54, 1.807) is 24.3 Å². The molecule has 0 fully saturated rings. The van der Waals surface area contributed by atoms with Gasteiger partial charge in [0.05, 0.1) is 17.8 Å². The van der Waals surface area contributed by atoms with Crippen LogP contribution < -0.4 is 4.72 Å². The highest BCUT2D eigenvalue weighted by Crippen LogP contribution is 2.29. The molecule has 9 heteroatoms. The molecule has 4 rings (SSSR count). The number of rotatable bonds is 5. The van der Waals surface area contributed by atoms with Gasteiger partial charge in [0, 0.05) is 4.88 Å². The number of nitrogens with one attached hydrogen (secondary N) is 1. The standard InChI is InChI=1S/C17H12FN3O2S3/c18-12-8-6-11(7-9-12)16(14-4-2-10-24-14)21-26(22,23)15-5-1-3-13-17(15)20-25-19-13/h1-10,16,21H. The summed E-state index contributed by atoms with van der Waals surface area (Å²) in [5, 5.41) is 1.87. The molecule has 2 aromatic heterocycles. The van der Waals surface area contributed by atoms with Crippen LogP contribution in [0.2, 0.25) is 0 Å². The molecule has 1 unspecified atom stereocenters. The van der Waals surface area contributed by atoms with E-state index in [1.807, 2.05) is 17.5 Å². The first kappa shape index (κ1) is 17.2. The lowest BCUT2D eigenvalue weighted by Gasteiger charge is -2.18. The Labute approximate surface area is 157 Å². The molecule has 0 aliphatic carbocycles. The van der Waals surface area contributed by atoms with Crippen molar-refractivity contribution in [2.75, 3.05) is 0 Å². The summed E-state index contributed by atoms with van der Waals surface area (Å²) >= 11 is 2.39. The second-order valence-electron chi connectivity index (χ2n) is 5.51. The quantitative estimate of drug-likeness (QED) is 0.546. The number of halogens is 1. The first-order valence-corrected chi connectivity index (χ1v) is 10.7. The maximum Gasteiger partial charge on any atom is 0.243 e. The minimum atomic E-state index is -3.87. The third-order valence-electron chi connectivity index (χ3n) is 3.84. The molecule has 5 nitrogen and oxygen atoms in total. The highest BCUT2D eigenvalue weighted by atomic mass is 32.2. The van der Waals surface area contributed by atoms with E-state index in [0.717, 1.165) is 16.6 Å². The van der Waals surface area contributed by atoms with E-state index in [1.165, 1.54) is 29.5 Å². The molecule has 4 aromatic rings. The van der Waals surface area contributed by atoms with Gasteiger partial charge in [-0.15, -0.1) is 11.3 Å². The van der Waals surface area contributed by atoms with Gasteiger partial charge in [-0.05, 0) is 41.3 Å². The topological polar surface area (TPSA) is 72.0 Å². The summed E-state index contributed by atoms with van der Waals surface area (Å²) in [7, 11) is -3.87. The molecule has 26 heavy (non-hydrogen) atoms. The fourth-order valence-corrected chi connectivity index (χ4v) is 5.47. The molecule has 0 aliphatic rings. The molecule has 132 valence electrons. The maximum atomic E-state index is 13.3. The maximum absolute atomic E-state index is 13.3. The van der Waals surface area contributed by atoms with E-state index in [9.17, 15) is 12.8 Å². The number of nitrogens with zero attached hydrogens (tertiary/aromatic N) is 2. The molecule has 0 amide bonds. The van der Waals surface area contributed by atoms with E-state index in [0.29, 0.717) is 16.6 Å². The zero-order valence-electron chi connectivity index (χ0n) is 13.2. The molecule has 2 aromatic carbocycles. The fraction of sp³-hybridized carbons (Fsp3) is 0.0588. The van der Waals surface area contributed by atoms with Crippen LogP contribution in [0.3, 0.4) is 0 Å². The van der Waals surface area contributed by atoms with Crippen LogP contribution in [-0.2, 0) is 10.0 Å². The Morgan fingerprint density at radius 2 is 1.81 bits per heavy atom. The second-order valence-corrected chi connectivity index (χ2v) is 8.70. The van der Waals surface area contributed by atoms with E-state index in [2.05, 4.69) is 13.5 Å². The first-order valence-electron chi connectivity index (χ1n) is 7.57. The SMILES string of the molecule is O=S(=O)(NC(c1ccc(F)cc1)c1cccs1)c1cccc2nsnc12. The van der Waals surface area contributed by atoms with Crippen molar-refractivity contribution in [2.45, 2.75) is 10.9 Å². The Morgan fingerprint density at radius 3 is 2.54 bits per heavy atom. The van der Waals surface area contributed by atoms with Gasteiger partial charge in [-0.1, -0.05) is 24.3 Å². The number of hydrogen-bond donors (Lipinski definition) is 1. The summed E-state index contributed by atoms with van der Waals surface area (Å²) in [5.41, 5.74) is 1.53. The van der Waals surface area contributed by atoms with Gasteiger partial charge in [0.2, 0.25) is 10.0 Å². The molecule has 0 saturated heterocycles. The van der Waals surface area contributed by atoms with Gasteiger partial charge < -0.3 is 0 Å². The van der Waals surface area contributed by atoms with Crippen molar-refractivity contribution in [3.8, 4) is 0 Å². The van der Waals surface area contributed by atoms with Crippen molar-refractivity contribution in [1.29, 1.82) is 0 Å². The molecule has 0 bridgehead atoms. The van der Waals surface area contributed by atoms with E-state index in [4.69, 9.17) is 0 Å². The van der Waals surface area contributed by atoms with Crippen LogP contribution in [0.4, 0.5) is 4.39 Å². The lowest BCUT2D eigenvalue weighted by atomic mass is 10.1. The summed E-state index contributed by atoms with van der Waals surface area (Å²) in [5.74, 6) is -0.375. The van der Waals surface area contributed by atoms with Crippen LogP contribution >= 0.6 is 23.1 Å². The Hall–Kier alpha value is -2.20. The van der Waals surface area contributed by atoms with Gasteiger partial charge in [0.25, 0.3) is 0 Å². The van der Waals surface area contributed by atoms with E-state index >= 15 is 0 Å². The van der Waals surface area contributed by atoms with E-state index < -0.39 is 16.1 Å². The Balaban J connectivity index is 1.78.